The van der Waals surface area contributed by atoms with E-state index in [2.05, 4.69) is 10.6 Å². The Labute approximate surface area is 171 Å². The van der Waals surface area contributed by atoms with Crippen molar-refractivity contribution in [1.29, 1.82) is 0 Å². The van der Waals surface area contributed by atoms with Crippen LogP contribution in [0, 0.1) is 11.8 Å². The minimum Gasteiger partial charge on any atom is -0.480 e. The average Bonchev–Trinajstić information content (AvgIpc) is 3.11. The molecule has 3 amide bonds. The number of carbonyl (C=O) groups excluding carboxylic acids is 3. The molecule has 5 unspecified atom stereocenters. The van der Waals surface area contributed by atoms with Crippen LogP contribution in [0.4, 0.5) is 0 Å². The number of aliphatic hydroxyl groups is 1. The summed E-state index contributed by atoms with van der Waals surface area (Å²) in [5.41, 5.74) is 5.83. The first-order valence-electron chi connectivity index (χ1n) is 9.96. The van der Waals surface area contributed by atoms with Crippen LogP contribution in [-0.4, -0.2) is 75.6 Å². The van der Waals surface area contributed by atoms with Crippen LogP contribution < -0.4 is 16.4 Å². The van der Waals surface area contributed by atoms with E-state index < -0.39 is 54.0 Å². The lowest BCUT2D eigenvalue weighted by molar-refractivity contribution is -0.151. The zero-order valence-electron chi connectivity index (χ0n) is 17.7. The van der Waals surface area contributed by atoms with Gasteiger partial charge >= 0.3 is 5.97 Å². The van der Waals surface area contributed by atoms with Gasteiger partial charge in [0.1, 0.15) is 18.1 Å². The van der Waals surface area contributed by atoms with Crippen molar-refractivity contribution in [2.75, 3.05) is 6.54 Å². The third-order valence-electron chi connectivity index (χ3n) is 5.14. The molecular formula is C19H34N4O6. The van der Waals surface area contributed by atoms with Gasteiger partial charge in [-0.2, -0.15) is 0 Å². The molecule has 0 aliphatic carbocycles. The summed E-state index contributed by atoms with van der Waals surface area (Å²) in [4.78, 5) is 50.4. The number of aliphatic carboxylic acids is 1. The Morgan fingerprint density at radius 3 is 1.97 bits per heavy atom. The maximum absolute atomic E-state index is 12.8. The number of carboxylic acid groups (broad SMARTS) is 1. The number of carboxylic acids is 1. The highest BCUT2D eigenvalue weighted by molar-refractivity contribution is 5.94. The van der Waals surface area contributed by atoms with E-state index in [1.807, 2.05) is 0 Å². The van der Waals surface area contributed by atoms with Crippen molar-refractivity contribution >= 4 is 23.7 Å². The molecule has 1 heterocycles. The van der Waals surface area contributed by atoms with Gasteiger partial charge in [-0.1, -0.05) is 27.7 Å². The molecule has 10 nitrogen and oxygen atoms in total. The highest BCUT2D eigenvalue weighted by Crippen LogP contribution is 2.19. The zero-order valence-corrected chi connectivity index (χ0v) is 17.7. The fourth-order valence-electron chi connectivity index (χ4n) is 3.18. The Morgan fingerprint density at radius 2 is 1.52 bits per heavy atom. The van der Waals surface area contributed by atoms with Crippen LogP contribution in [0.25, 0.3) is 0 Å². The van der Waals surface area contributed by atoms with Crippen LogP contribution in [0.1, 0.15) is 47.5 Å². The number of hydrogen-bond acceptors (Lipinski definition) is 6. The number of carbonyl (C=O) groups is 4. The number of aliphatic hydroxyl groups excluding tert-OH is 1. The topological polar surface area (TPSA) is 162 Å². The lowest BCUT2D eigenvalue weighted by Crippen LogP contribution is -2.61. The van der Waals surface area contributed by atoms with Crippen LogP contribution >= 0.6 is 0 Å². The number of rotatable bonds is 9. The third kappa shape index (κ3) is 6.40. The van der Waals surface area contributed by atoms with E-state index in [1.165, 1.54) is 6.92 Å². The first kappa shape index (κ1) is 24.8. The van der Waals surface area contributed by atoms with Crippen molar-refractivity contribution in [2.24, 2.45) is 17.6 Å². The molecule has 10 heteroatoms. The van der Waals surface area contributed by atoms with Gasteiger partial charge in [0.25, 0.3) is 0 Å². The summed E-state index contributed by atoms with van der Waals surface area (Å²) in [5.74, 6) is -3.34. The molecule has 6 N–H and O–H groups in total. The summed E-state index contributed by atoms with van der Waals surface area (Å²) in [6.45, 7) is 8.60. The van der Waals surface area contributed by atoms with Crippen molar-refractivity contribution in [1.82, 2.24) is 15.5 Å². The Morgan fingerprint density at radius 1 is 0.966 bits per heavy atom. The third-order valence-corrected chi connectivity index (χ3v) is 5.14. The molecule has 1 rings (SSSR count). The monoisotopic (exact) mass is 414 g/mol. The molecule has 5 atom stereocenters. The summed E-state index contributed by atoms with van der Waals surface area (Å²) in [5, 5.41) is 24.4. The van der Waals surface area contributed by atoms with Crippen LogP contribution in [0.15, 0.2) is 0 Å². The van der Waals surface area contributed by atoms with E-state index in [-0.39, 0.29) is 18.4 Å². The first-order chi connectivity index (χ1) is 13.4. The van der Waals surface area contributed by atoms with Crippen LogP contribution in [-0.2, 0) is 19.2 Å². The van der Waals surface area contributed by atoms with E-state index in [0.29, 0.717) is 12.8 Å². The molecule has 1 aliphatic rings. The largest absolute Gasteiger partial charge is 0.480 e. The lowest BCUT2D eigenvalue weighted by Gasteiger charge is -2.31. The molecule has 29 heavy (non-hydrogen) atoms. The molecule has 0 aromatic rings. The molecule has 1 aliphatic heterocycles. The molecule has 0 spiro atoms. The summed E-state index contributed by atoms with van der Waals surface area (Å²) < 4.78 is 0. The zero-order chi connectivity index (χ0) is 22.5. The predicted octanol–water partition coefficient (Wildman–Crippen LogP) is -0.948. The summed E-state index contributed by atoms with van der Waals surface area (Å²) in [6.07, 6.45) is -0.400. The molecule has 0 bridgehead atoms. The van der Waals surface area contributed by atoms with Crippen molar-refractivity contribution in [3.05, 3.63) is 0 Å². The van der Waals surface area contributed by atoms with Gasteiger partial charge in [0.05, 0.1) is 12.1 Å². The SMILES string of the molecule is CC(C)C(N)C(=O)NC(C(=O)NC(C(=O)N1CCCC1C(=O)O)C(C)O)C(C)C. The quantitative estimate of drug-likeness (QED) is 0.325. The van der Waals surface area contributed by atoms with Gasteiger partial charge in [-0.15, -0.1) is 0 Å². The van der Waals surface area contributed by atoms with Gasteiger partial charge < -0.3 is 31.5 Å². The Hall–Kier alpha value is -2.20. The van der Waals surface area contributed by atoms with Crippen LogP contribution in [0.2, 0.25) is 0 Å². The number of likely N-dealkylation sites (tertiary alicyclic amines) is 1. The molecular weight excluding hydrogens is 380 g/mol. The van der Waals surface area contributed by atoms with Crippen molar-refractivity contribution < 1.29 is 29.4 Å². The predicted molar refractivity (Wildman–Crippen MR) is 106 cm³/mol. The smallest absolute Gasteiger partial charge is 0.326 e. The van der Waals surface area contributed by atoms with Crippen molar-refractivity contribution in [3.63, 3.8) is 0 Å². The standard InChI is InChI=1S/C19H34N4O6/c1-9(2)13(20)16(25)21-14(10(3)4)17(26)22-15(11(5)24)18(27)23-8-6-7-12(23)19(28)29/h9-15,24H,6-8,20H2,1-5H3,(H,21,25)(H,22,26)(H,28,29). The molecule has 0 saturated carbocycles. The summed E-state index contributed by atoms with van der Waals surface area (Å²) in [6, 6.07) is -4.06. The van der Waals surface area contributed by atoms with E-state index in [4.69, 9.17) is 5.73 Å². The van der Waals surface area contributed by atoms with Crippen molar-refractivity contribution in [3.8, 4) is 0 Å². The van der Waals surface area contributed by atoms with E-state index in [0.717, 1.165) is 4.90 Å². The fraction of sp³-hybridized carbons (Fsp3) is 0.789. The number of hydrogen-bond donors (Lipinski definition) is 5. The number of nitrogens with one attached hydrogen (secondary N) is 2. The molecule has 1 fully saturated rings. The molecule has 0 radical (unpaired) electrons. The molecule has 1 saturated heterocycles. The van der Waals surface area contributed by atoms with Gasteiger partial charge in [-0.25, -0.2) is 4.79 Å². The van der Waals surface area contributed by atoms with Crippen LogP contribution in [0.5, 0.6) is 0 Å². The number of amides is 3. The first-order valence-corrected chi connectivity index (χ1v) is 9.96. The second kappa shape index (κ2) is 10.5. The highest BCUT2D eigenvalue weighted by atomic mass is 16.4. The Balaban J connectivity index is 2.95. The van der Waals surface area contributed by atoms with Gasteiger partial charge in [-0.05, 0) is 31.6 Å². The van der Waals surface area contributed by atoms with E-state index >= 15 is 0 Å². The second-order valence-electron chi connectivity index (χ2n) is 8.25. The van der Waals surface area contributed by atoms with E-state index in [1.54, 1.807) is 27.7 Å². The maximum Gasteiger partial charge on any atom is 0.326 e. The minimum absolute atomic E-state index is 0.124. The number of nitrogens with zero attached hydrogens (tertiary/aromatic N) is 1. The van der Waals surface area contributed by atoms with Gasteiger partial charge in [0.15, 0.2) is 0 Å². The molecule has 0 aromatic carbocycles. The van der Waals surface area contributed by atoms with Crippen molar-refractivity contribution in [2.45, 2.75) is 77.7 Å². The number of nitrogens with two attached hydrogens (primary N) is 1. The minimum atomic E-state index is -1.32. The second-order valence-corrected chi connectivity index (χ2v) is 8.25. The summed E-state index contributed by atoms with van der Waals surface area (Å²) in [7, 11) is 0. The maximum atomic E-state index is 12.8. The van der Waals surface area contributed by atoms with Gasteiger partial charge in [-0.3, -0.25) is 14.4 Å². The molecule has 0 aromatic heterocycles. The average molecular weight is 415 g/mol. The van der Waals surface area contributed by atoms with Gasteiger partial charge in [0, 0.05) is 6.54 Å². The van der Waals surface area contributed by atoms with E-state index in [9.17, 15) is 29.4 Å². The highest BCUT2D eigenvalue weighted by Gasteiger charge is 2.40. The molecule has 166 valence electrons. The fourth-order valence-corrected chi connectivity index (χ4v) is 3.18. The lowest BCUT2D eigenvalue weighted by atomic mass is 9.99. The normalized spacial score (nSPS) is 20.9. The Bertz CT molecular complexity index is 622. The Kier molecular flexibility index (Phi) is 9.03. The van der Waals surface area contributed by atoms with Gasteiger partial charge in [0.2, 0.25) is 17.7 Å². The summed E-state index contributed by atoms with van der Waals surface area (Å²) >= 11 is 0. The van der Waals surface area contributed by atoms with Crippen LogP contribution in [0.3, 0.4) is 0 Å².